The van der Waals surface area contributed by atoms with E-state index >= 15 is 0 Å². The molecule has 0 aromatic heterocycles. The third-order valence-corrected chi connectivity index (χ3v) is 7.26. The summed E-state index contributed by atoms with van der Waals surface area (Å²) in [5, 5.41) is 0.0134. The molecule has 0 saturated heterocycles. The van der Waals surface area contributed by atoms with Crippen molar-refractivity contribution < 1.29 is 22.8 Å². The van der Waals surface area contributed by atoms with Gasteiger partial charge in [0.15, 0.2) is 6.61 Å². The summed E-state index contributed by atoms with van der Waals surface area (Å²) in [6, 6.07) is 10.0. The highest BCUT2D eigenvalue weighted by Crippen LogP contribution is 2.19. The Morgan fingerprint density at radius 3 is 2.44 bits per heavy atom. The van der Waals surface area contributed by atoms with Gasteiger partial charge in [-0.2, -0.15) is 0 Å². The van der Waals surface area contributed by atoms with Crippen LogP contribution in [0.4, 0.5) is 0 Å². The SMILES string of the molecule is CO[Si](CCCSC(=O)COc1ccccc1)(OC)OCCN(C)C. The van der Waals surface area contributed by atoms with Crippen molar-refractivity contribution in [3.8, 4) is 5.75 Å². The fourth-order valence-electron chi connectivity index (χ4n) is 2.04. The van der Waals surface area contributed by atoms with Crippen molar-refractivity contribution in [3.05, 3.63) is 30.3 Å². The van der Waals surface area contributed by atoms with Crippen LogP contribution in [0.25, 0.3) is 0 Å². The minimum absolute atomic E-state index is 0.0134. The Bertz CT molecular complexity index is 485. The third-order valence-electron chi connectivity index (χ3n) is 3.47. The quantitative estimate of drug-likeness (QED) is 0.381. The summed E-state index contributed by atoms with van der Waals surface area (Å²) in [6.45, 7) is 1.45. The van der Waals surface area contributed by atoms with E-state index in [9.17, 15) is 4.79 Å². The lowest BCUT2D eigenvalue weighted by atomic mass is 10.3. The van der Waals surface area contributed by atoms with E-state index in [1.54, 1.807) is 14.2 Å². The van der Waals surface area contributed by atoms with Gasteiger partial charge in [0, 0.05) is 32.6 Å². The van der Waals surface area contributed by atoms with Crippen LogP contribution >= 0.6 is 11.8 Å². The van der Waals surface area contributed by atoms with Gasteiger partial charge in [0.25, 0.3) is 0 Å². The summed E-state index contributed by atoms with van der Waals surface area (Å²) in [4.78, 5) is 13.9. The lowest BCUT2D eigenvalue weighted by molar-refractivity contribution is -0.112. The number of ether oxygens (including phenoxy) is 1. The highest BCUT2D eigenvalue weighted by atomic mass is 32.2. The van der Waals surface area contributed by atoms with Crippen LogP contribution in [0.15, 0.2) is 30.3 Å². The van der Waals surface area contributed by atoms with Crippen molar-refractivity contribution in [1.82, 2.24) is 4.90 Å². The van der Waals surface area contributed by atoms with E-state index < -0.39 is 8.80 Å². The van der Waals surface area contributed by atoms with Crippen LogP contribution in [-0.2, 0) is 18.1 Å². The number of carbonyl (C=O) groups is 1. The van der Waals surface area contributed by atoms with Gasteiger partial charge in [-0.05, 0) is 32.6 Å². The molecule has 0 atom stereocenters. The van der Waals surface area contributed by atoms with E-state index in [0.29, 0.717) is 24.2 Å². The first-order chi connectivity index (χ1) is 12.0. The molecule has 0 bridgehead atoms. The summed E-state index contributed by atoms with van der Waals surface area (Å²) in [5.74, 6) is 1.39. The zero-order valence-corrected chi connectivity index (χ0v) is 17.3. The second-order valence-corrected chi connectivity index (χ2v) is 9.79. The second-order valence-electron chi connectivity index (χ2n) is 5.67. The molecular weight excluding hydrogens is 358 g/mol. The van der Waals surface area contributed by atoms with Crippen LogP contribution in [0.2, 0.25) is 6.04 Å². The third kappa shape index (κ3) is 9.38. The molecule has 8 heteroatoms. The van der Waals surface area contributed by atoms with E-state index in [1.807, 2.05) is 49.3 Å². The van der Waals surface area contributed by atoms with E-state index in [2.05, 4.69) is 0 Å². The maximum Gasteiger partial charge on any atom is 0.500 e. The molecule has 0 aliphatic carbocycles. The Hall–Kier alpha value is -0.903. The zero-order valence-electron chi connectivity index (χ0n) is 15.5. The first-order valence-corrected chi connectivity index (χ1v) is 11.2. The Morgan fingerprint density at radius 2 is 1.84 bits per heavy atom. The van der Waals surface area contributed by atoms with Crippen molar-refractivity contribution in [3.63, 3.8) is 0 Å². The molecule has 0 amide bonds. The monoisotopic (exact) mass is 387 g/mol. The number of carbonyl (C=O) groups excluding carboxylic acids is 1. The van der Waals surface area contributed by atoms with E-state index in [1.165, 1.54) is 11.8 Å². The Morgan fingerprint density at radius 1 is 1.16 bits per heavy atom. The number of rotatable bonds is 13. The van der Waals surface area contributed by atoms with E-state index in [-0.39, 0.29) is 11.7 Å². The largest absolute Gasteiger partial charge is 0.500 e. The summed E-state index contributed by atoms with van der Waals surface area (Å²) < 4.78 is 22.4. The van der Waals surface area contributed by atoms with Gasteiger partial charge in [-0.25, -0.2) is 0 Å². The number of para-hydroxylation sites is 1. The topological polar surface area (TPSA) is 57.2 Å². The van der Waals surface area contributed by atoms with Crippen molar-refractivity contribution in [2.75, 3.05) is 53.8 Å². The lowest BCUT2D eigenvalue weighted by Gasteiger charge is -2.27. The minimum atomic E-state index is -2.64. The highest BCUT2D eigenvalue weighted by molar-refractivity contribution is 8.13. The van der Waals surface area contributed by atoms with Crippen molar-refractivity contribution in [2.24, 2.45) is 0 Å². The molecule has 0 fully saturated rings. The van der Waals surface area contributed by atoms with Crippen LogP contribution in [0.5, 0.6) is 5.75 Å². The molecule has 0 N–H and O–H groups in total. The fourth-order valence-corrected chi connectivity index (χ4v) is 4.92. The molecule has 1 aromatic rings. The van der Waals surface area contributed by atoms with Crippen LogP contribution in [0.1, 0.15) is 6.42 Å². The van der Waals surface area contributed by atoms with Gasteiger partial charge in [-0.15, -0.1) is 0 Å². The molecule has 1 aromatic carbocycles. The molecule has 25 heavy (non-hydrogen) atoms. The van der Waals surface area contributed by atoms with Gasteiger partial charge < -0.3 is 22.9 Å². The average Bonchev–Trinajstić information content (AvgIpc) is 2.62. The molecule has 0 unspecified atom stereocenters. The van der Waals surface area contributed by atoms with Crippen molar-refractivity contribution in [1.29, 1.82) is 0 Å². The van der Waals surface area contributed by atoms with Gasteiger partial charge in [0.05, 0.1) is 6.61 Å². The van der Waals surface area contributed by atoms with Crippen molar-refractivity contribution >= 4 is 25.7 Å². The molecule has 0 spiro atoms. The molecule has 0 aliphatic heterocycles. The number of likely N-dealkylation sites (N-methyl/N-ethyl adjacent to an activating group) is 1. The highest BCUT2D eigenvalue weighted by Gasteiger charge is 2.38. The maximum atomic E-state index is 11.9. The van der Waals surface area contributed by atoms with Gasteiger partial charge in [0.1, 0.15) is 5.75 Å². The average molecular weight is 388 g/mol. The van der Waals surface area contributed by atoms with E-state index in [4.69, 9.17) is 18.0 Å². The molecule has 1 rings (SSSR count). The summed E-state index contributed by atoms with van der Waals surface area (Å²) >= 11 is 1.27. The van der Waals surface area contributed by atoms with Gasteiger partial charge in [0.2, 0.25) is 5.12 Å². The smallest absolute Gasteiger partial charge is 0.485 e. The number of thioether (sulfide) groups is 1. The molecule has 6 nitrogen and oxygen atoms in total. The number of nitrogens with zero attached hydrogens (tertiary/aromatic N) is 1. The molecule has 0 saturated carbocycles. The summed E-state index contributed by atoms with van der Waals surface area (Å²) in [5.41, 5.74) is 0. The van der Waals surface area contributed by atoms with Crippen LogP contribution < -0.4 is 4.74 Å². The van der Waals surface area contributed by atoms with E-state index in [0.717, 1.165) is 13.0 Å². The van der Waals surface area contributed by atoms with Crippen molar-refractivity contribution in [2.45, 2.75) is 12.5 Å². The minimum Gasteiger partial charge on any atom is -0.485 e. The molecular formula is C17H29NO5SSi. The van der Waals surface area contributed by atoms with Crippen LogP contribution in [-0.4, -0.2) is 72.6 Å². The predicted molar refractivity (Wildman–Crippen MR) is 103 cm³/mol. The Balaban J connectivity index is 2.25. The predicted octanol–water partition coefficient (Wildman–Crippen LogP) is 2.53. The van der Waals surface area contributed by atoms with Crippen LogP contribution in [0, 0.1) is 0 Å². The normalized spacial score (nSPS) is 11.7. The first-order valence-electron chi connectivity index (χ1n) is 8.24. The second kappa shape index (κ2) is 12.5. The van der Waals surface area contributed by atoms with Gasteiger partial charge in [-0.1, -0.05) is 30.0 Å². The zero-order chi connectivity index (χ0) is 18.5. The molecule has 142 valence electrons. The maximum absolute atomic E-state index is 11.9. The number of hydrogen-bond acceptors (Lipinski definition) is 7. The summed E-state index contributed by atoms with van der Waals surface area (Å²) in [7, 11) is 4.59. The van der Waals surface area contributed by atoms with Gasteiger partial charge >= 0.3 is 8.80 Å². The Labute approximate surface area is 156 Å². The number of benzene rings is 1. The molecule has 0 aliphatic rings. The first kappa shape index (κ1) is 22.1. The molecule has 0 radical (unpaired) electrons. The van der Waals surface area contributed by atoms with Crippen LogP contribution in [0.3, 0.4) is 0 Å². The fraction of sp³-hybridized carbons (Fsp3) is 0.588. The summed E-state index contributed by atoms with van der Waals surface area (Å²) in [6.07, 6.45) is 0.789. The standard InChI is InChI=1S/C17H29NO5SSi/c1-18(2)11-12-23-25(20-3,21-4)14-8-13-24-17(19)15-22-16-9-6-5-7-10-16/h5-7,9-10H,8,11-15H2,1-4H3. The lowest BCUT2D eigenvalue weighted by Crippen LogP contribution is -2.45. The number of hydrogen-bond donors (Lipinski definition) is 0. The molecule has 0 heterocycles. The van der Waals surface area contributed by atoms with Gasteiger partial charge in [-0.3, -0.25) is 4.79 Å². The Kier molecular flexibility index (Phi) is 11.0.